The molecule has 0 aromatic carbocycles. The van der Waals surface area contributed by atoms with E-state index in [9.17, 15) is 9.18 Å². The van der Waals surface area contributed by atoms with Crippen molar-refractivity contribution in [2.45, 2.75) is 25.2 Å². The predicted molar refractivity (Wildman–Crippen MR) is 59.1 cm³/mol. The van der Waals surface area contributed by atoms with Gasteiger partial charge in [-0.25, -0.2) is 4.39 Å². The Balaban J connectivity index is 0.00000128. The van der Waals surface area contributed by atoms with Crippen molar-refractivity contribution in [2.75, 3.05) is 6.54 Å². The highest BCUT2D eigenvalue weighted by atomic mass is 35.5. The van der Waals surface area contributed by atoms with E-state index >= 15 is 0 Å². The summed E-state index contributed by atoms with van der Waals surface area (Å²) in [5, 5.41) is 5.50. The third-order valence-corrected chi connectivity index (χ3v) is 2.41. The number of hydrogen-bond donors (Lipinski definition) is 2. The molecule has 1 aliphatic heterocycles. The Morgan fingerprint density at radius 3 is 3.06 bits per heavy atom. The molecule has 0 saturated carbocycles. The highest BCUT2D eigenvalue weighted by Gasteiger charge is 2.28. The Bertz CT molecular complexity index is 332. The molecule has 90 valence electrons. The van der Waals surface area contributed by atoms with Crippen molar-refractivity contribution in [1.82, 2.24) is 10.6 Å². The van der Waals surface area contributed by atoms with Gasteiger partial charge in [-0.2, -0.15) is 0 Å². The number of alkyl halides is 1. The van der Waals surface area contributed by atoms with Crippen LogP contribution in [-0.2, 0) is 11.3 Å². The first-order valence-electron chi connectivity index (χ1n) is 4.93. The van der Waals surface area contributed by atoms with Crippen LogP contribution < -0.4 is 10.6 Å². The van der Waals surface area contributed by atoms with Crippen LogP contribution in [0.15, 0.2) is 22.8 Å². The molecule has 1 fully saturated rings. The first kappa shape index (κ1) is 13.0. The lowest BCUT2D eigenvalue weighted by atomic mass is 10.2. The summed E-state index contributed by atoms with van der Waals surface area (Å²) in [4.78, 5) is 11.5. The zero-order valence-electron chi connectivity index (χ0n) is 8.61. The van der Waals surface area contributed by atoms with E-state index in [1.807, 2.05) is 0 Å². The molecule has 1 aromatic heterocycles. The van der Waals surface area contributed by atoms with E-state index in [0.29, 0.717) is 12.3 Å². The quantitative estimate of drug-likeness (QED) is 0.840. The number of nitrogens with one attached hydrogen (secondary N) is 2. The summed E-state index contributed by atoms with van der Waals surface area (Å²) in [7, 11) is 0. The van der Waals surface area contributed by atoms with E-state index < -0.39 is 12.2 Å². The van der Waals surface area contributed by atoms with Gasteiger partial charge in [-0.05, 0) is 12.1 Å². The molecule has 6 heteroatoms. The van der Waals surface area contributed by atoms with Crippen molar-refractivity contribution in [3.63, 3.8) is 0 Å². The number of furan rings is 1. The highest BCUT2D eigenvalue weighted by Crippen LogP contribution is 2.10. The zero-order chi connectivity index (χ0) is 10.7. The van der Waals surface area contributed by atoms with Crippen LogP contribution in [0.1, 0.15) is 12.2 Å². The fourth-order valence-corrected chi connectivity index (χ4v) is 1.60. The maximum absolute atomic E-state index is 12.8. The van der Waals surface area contributed by atoms with Crippen LogP contribution in [-0.4, -0.2) is 24.7 Å². The summed E-state index contributed by atoms with van der Waals surface area (Å²) in [6.45, 7) is 0.611. The molecular weight excluding hydrogens is 235 g/mol. The molecule has 0 unspecified atom stereocenters. The monoisotopic (exact) mass is 248 g/mol. The van der Waals surface area contributed by atoms with Gasteiger partial charge in [0, 0.05) is 13.0 Å². The van der Waals surface area contributed by atoms with Crippen LogP contribution in [0.2, 0.25) is 0 Å². The van der Waals surface area contributed by atoms with Crippen LogP contribution in [0, 0.1) is 0 Å². The third kappa shape index (κ3) is 3.21. The average molecular weight is 249 g/mol. The molecule has 0 radical (unpaired) electrons. The number of carbonyl (C=O) groups is 1. The van der Waals surface area contributed by atoms with E-state index in [1.54, 1.807) is 18.4 Å². The standard InChI is InChI=1S/C10H13FN2O2.ClH/c11-7-4-9(12-5-7)10(14)13-6-8-2-1-3-15-8;/h1-3,7,9,12H,4-6H2,(H,13,14);1H/t7-,9+;/m0./s1. The Morgan fingerprint density at radius 1 is 1.69 bits per heavy atom. The van der Waals surface area contributed by atoms with Gasteiger partial charge in [0.2, 0.25) is 5.91 Å². The maximum Gasteiger partial charge on any atom is 0.237 e. The van der Waals surface area contributed by atoms with Gasteiger partial charge in [-0.15, -0.1) is 12.4 Å². The van der Waals surface area contributed by atoms with Gasteiger partial charge < -0.3 is 15.1 Å². The third-order valence-electron chi connectivity index (χ3n) is 2.41. The molecule has 16 heavy (non-hydrogen) atoms. The molecular formula is C10H14ClFN2O2. The van der Waals surface area contributed by atoms with E-state index in [-0.39, 0.29) is 31.3 Å². The Morgan fingerprint density at radius 2 is 2.50 bits per heavy atom. The van der Waals surface area contributed by atoms with E-state index in [0.717, 1.165) is 0 Å². The molecule has 1 amide bonds. The lowest BCUT2D eigenvalue weighted by molar-refractivity contribution is -0.123. The minimum atomic E-state index is -0.913. The maximum atomic E-state index is 12.8. The Labute approximate surface area is 99.0 Å². The van der Waals surface area contributed by atoms with Crippen LogP contribution in [0.5, 0.6) is 0 Å². The molecule has 1 aromatic rings. The fraction of sp³-hybridized carbons (Fsp3) is 0.500. The molecule has 4 nitrogen and oxygen atoms in total. The molecule has 0 spiro atoms. The first-order valence-corrected chi connectivity index (χ1v) is 4.93. The summed E-state index contributed by atoms with van der Waals surface area (Å²) >= 11 is 0. The highest BCUT2D eigenvalue weighted by molar-refractivity contribution is 5.85. The van der Waals surface area contributed by atoms with Crippen molar-refractivity contribution in [3.05, 3.63) is 24.2 Å². The normalized spacial score (nSPS) is 23.8. The molecule has 2 atom stereocenters. The van der Waals surface area contributed by atoms with E-state index in [2.05, 4.69) is 10.6 Å². The molecule has 2 rings (SSSR count). The molecule has 0 bridgehead atoms. The summed E-state index contributed by atoms with van der Waals surface area (Å²) in [5.41, 5.74) is 0. The molecule has 0 aliphatic carbocycles. The van der Waals surface area contributed by atoms with Crippen molar-refractivity contribution in [3.8, 4) is 0 Å². The Kier molecular flexibility index (Phi) is 4.76. The molecule has 2 heterocycles. The molecule has 2 N–H and O–H groups in total. The number of hydrogen-bond acceptors (Lipinski definition) is 3. The van der Waals surface area contributed by atoms with Crippen molar-refractivity contribution in [1.29, 1.82) is 0 Å². The fourth-order valence-electron chi connectivity index (χ4n) is 1.60. The minimum Gasteiger partial charge on any atom is -0.467 e. The zero-order valence-corrected chi connectivity index (χ0v) is 9.43. The smallest absolute Gasteiger partial charge is 0.237 e. The second kappa shape index (κ2) is 5.86. The van der Waals surface area contributed by atoms with Gasteiger partial charge in [0.15, 0.2) is 0 Å². The second-order valence-electron chi connectivity index (χ2n) is 3.59. The van der Waals surface area contributed by atoms with Crippen LogP contribution in [0.25, 0.3) is 0 Å². The van der Waals surface area contributed by atoms with Crippen molar-refractivity contribution in [2.24, 2.45) is 0 Å². The predicted octanol–water partition coefficient (Wildman–Crippen LogP) is 1.02. The summed E-state index contributed by atoms with van der Waals surface area (Å²) in [5.74, 6) is 0.518. The number of amides is 1. The van der Waals surface area contributed by atoms with Crippen molar-refractivity contribution < 1.29 is 13.6 Å². The van der Waals surface area contributed by atoms with Crippen molar-refractivity contribution >= 4 is 18.3 Å². The molecule has 1 aliphatic rings. The summed E-state index contributed by atoms with van der Waals surface area (Å²) in [6, 6.07) is 3.13. The van der Waals surface area contributed by atoms with Crippen LogP contribution in [0.3, 0.4) is 0 Å². The Hall–Kier alpha value is -1.07. The number of rotatable bonds is 3. The lowest BCUT2D eigenvalue weighted by Crippen LogP contribution is -2.39. The number of carbonyl (C=O) groups excluding carboxylic acids is 1. The van der Waals surface area contributed by atoms with Crippen LogP contribution >= 0.6 is 12.4 Å². The lowest BCUT2D eigenvalue weighted by Gasteiger charge is -2.09. The topological polar surface area (TPSA) is 54.3 Å². The van der Waals surface area contributed by atoms with Gasteiger partial charge in [-0.3, -0.25) is 4.79 Å². The average Bonchev–Trinajstić information content (AvgIpc) is 2.84. The summed E-state index contributed by atoms with van der Waals surface area (Å²) in [6.07, 6.45) is 0.890. The summed E-state index contributed by atoms with van der Waals surface area (Å²) < 4.78 is 17.8. The van der Waals surface area contributed by atoms with E-state index in [4.69, 9.17) is 4.42 Å². The second-order valence-corrected chi connectivity index (χ2v) is 3.59. The van der Waals surface area contributed by atoms with Gasteiger partial charge in [0.25, 0.3) is 0 Å². The van der Waals surface area contributed by atoms with Gasteiger partial charge in [-0.1, -0.05) is 0 Å². The minimum absolute atomic E-state index is 0. The van der Waals surface area contributed by atoms with Gasteiger partial charge in [0.1, 0.15) is 11.9 Å². The van der Waals surface area contributed by atoms with Crippen LogP contribution in [0.4, 0.5) is 4.39 Å². The van der Waals surface area contributed by atoms with Gasteiger partial charge in [0.05, 0.1) is 18.8 Å². The first-order chi connectivity index (χ1) is 7.25. The SMILES string of the molecule is Cl.O=C(NCc1ccco1)[C@H]1C[C@H](F)CN1. The number of halogens is 2. The van der Waals surface area contributed by atoms with Gasteiger partial charge >= 0.3 is 0 Å². The largest absolute Gasteiger partial charge is 0.467 e. The van der Waals surface area contributed by atoms with E-state index in [1.165, 1.54) is 0 Å². The molecule has 1 saturated heterocycles.